The summed E-state index contributed by atoms with van der Waals surface area (Å²) in [5.41, 5.74) is 14.8. The third-order valence-electron chi connectivity index (χ3n) is 12.2. The SMILES string of the molecule is COc1cc(-c2cc(OC)cc(C(C)(C)C)c2OCp2oc3c(C)cc(C)cc3c3cc(C)cc(C)c3o2)c(OCp2oc3c(C)cc(C)cc3c3cc(C)cc(C)c3o2)c(C(C)(C)C)c1. The second-order valence-corrected chi connectivity index (χ2v) is 22.6. The van der Waals surface area contributed by atoms with Gasteiger partial charge in [-0.15, -0.1) is 0 Å². The van der Waals surface area contributed by atoms with Gasteiger partial charge in [0.05, 0.1) is 14.2 Å². The van der Waals surface area contributed by atoms with Crippen molar-refractivity contribution in [2.75, 3.05) is 14.2 Å². The van der Waals surface area contributed by atoms with Gasteiger partial charge in [-0.05, 0) is 159 Å². The van der Waals surface area contributed by atoms with E-state index in [9.17, 15) is 0 Å². The first kappa shape index (κ1) is 46.8. The number of benzene rings is 6. The Morgan fingerprint density at radius 2 is 0.667 bits per heavy atom. The predicted molar refractivity (Wildman–Crippen MR) is 274 cm³/mol. The van der Waals surface area contributed by atoms with Crippen LogP contribution in [-0.4, -0.2) is 14.2 Å². The zero-order valence-electron chi connectivity index (χ0n) is 41.5. The van der Waals surface area contributed by atoms with Gasteiger partial charge in [0.1, 0.15) is 45.3 Å². The zero-order valence-corrected chi connectivity index (χ0v) is 43.3. The molecule has 0 saturated carbocycles. The van der Waals surface area contributed by atoms with E-state index in [-0.39, 0.29) is 23.5 Å². The molecule has 0 bridgehead atoms. The molecule has 0 aliphatic rings. The highest BCUT2D eigenvalue weighted by molar-refractivity contribution is 7.36. The highest BCUT2D eigenvalue weighted by atomic mass is 31.1. The van der Waals surface area contributed by atoms with Crippen molar-refractivity contribution in [3.63, 3.8) is 0 Å². The molecule has 8 aromatic rings. The third-order valence-corrected chi connectivity index (χ3v) is 14.4. The summed E-state index contributed by atoms with van der Waals surface area (Å²) in [6, 6.07) is 25.6. The molecule has 8 rings (SSSR count). The molecule has 10 heteroatoms. The van der Waals surface area contributed by atoms with Crippen molar-refractivity contribution in [3.8, 4) is 34.1 Å². The standard InChI is InChI=1S/C56H64O8P2/c1-31-17-35(5)49-41(21-31)42-22-32(2)18-36(6)50(42)62-65(61-49)29-59-53-45(25-39(57-15)27-47(53)55(9,10)11)46-26-40(58-16)28-48(56(12,13)14)54(46)60-30-66-63-51-37(7)19-33(3)23-43(51)44-24-34(4)20-38(8)52(44)64-66/h17-28H,29-30H2,1-16H3. The Hall–Kier alpha value is -5.68. The van der Waals surface area contributed by atoms with Crippen molar-refractivity contribution < 1.29 is 35.7 Å². The Balaban J connectivity index is 1.35. The van der Waals surface area contributed by atoms with Gasteiger partial charge >= 0.3 is 0 Å². The van der Waals surface area contributed by atoms with E-state index in [1.54, 1.807) is 14.2 Å². The lowest BCUT2D eigenvalue weighted by molar-refractivity contribution is 0.317. The molecule has 0 N–H and O–H groups in total. The fourth-order valence-electron chi connectivity index (χ4n) is 9.15. The first-order valence-corrected chi connectivity index (χ1v) is 25.3. The second-order valence-electron chi connectivity index (χ2n) is 20.0. The minimum Gasteiger partial charge on any atom is -0.497 e. The van der Waals surface area contributed by atoms with Gasteiger partial charge in [-0.3, -0.25) is 0 Å². The first-order chi connectivity index (χ1) is 31.1. The van der Waals surface area contributed by atoms with E-state index in [0.29, 0.717) is 23.0 Å². The Labute approximate surface area is 391 Å². The summed E-state index contributed by atoms with van der Waals surface area (Å²) in [5.74, 6) is 2.72. The third kappa shape index (κ3) is 9.20. The van der Waals surface area contributed by atoms with Crippen LogP contribution >= 0.6 is 16.0 Å². The maximum absolute atomic E-state index is 7.17. The number of ether oxygens (including phenoxy) is 4. The Bertz CT molecular complexity index is 2930. The van der Waals surface area contributed by atoms with Crippen LogP contribution in [0.2, 0.25) is 0 Å². The summed E-state index contributed by atoms with van der Waals surface area (Å²) in [7, 11) is 0.112. The number of hydrogen-bond donors (Lipinski definition) is 0. The van der Waals surface area contributed by atoms with E-state index >= 15 is 0 Å². The molecule has 0 atom stereocenters. The smallest absolute Gasteiger partial charge is 0.257 e. The minimum absolute atomic E-state index is 0.146. The summed E-state index contributed by atoms with van der Waals surface area (Å²) in [4.78, 5) is 0. The van der Waals surface area contributed by atoms with Crippen molar-refractivity contribution in [3.05, 3.63) is 128 Å². The van der Waals surface area contributed by atoms with Gasteiger partial charge in [0.25, 0.3) is 16.0 Å². The van der Waals surface area contributed by atoms with Gasteiger partial charge in [-0.25, -0.2) is 0 Å². The van der Waals surface area contributed by atoms with Crippen molar-refractivity contribution in [2.24, 2.45) is 0 Å². The normalized spacial score (nSPS) is 12.1. The summed E-state index contributed by atoms with van der Waals surface area (Å²) in [5, 5.41) is 4.11. The molecule has 0 aliphatic carbocycles. The van der Waals surface area contributed by atoms with Crippen molar-refractivity contribution in [2.45, 2.75) is 120 Å². The maximum atomic E-state index is 7.17. The molecule has 0 saturated heterocycles. The molecule has 0 radical (unpaired) electrons. The fourth-order valence-corrected chi connectivity index (χ4v) is 11.7. The molecule has 346 valence electrons. The monoisotopic (exact) mass is 926 g/mol. The van der Waals surface area contributed by atoms with Gasteiger partial charge < -0.3 is 35.7 Å². The Morgan fingerprint density at radius 3 is 0.909 bits per heavy atom. The summed E-state index contributed by atoms with van der Waals surface area (Å²) >= 11 is 0. The van der Waals surface area contributed by atoms with Crippen molar-refractivity contribution in [1.82, 2.24) is 0 Å². The molecule has 8 nitrogen and oxygen atoms in total. The van der Waals surface area contributed by atoms with Gasteiger partial charge in [-0.2, -0.15) is 0 Å². The molecule has 0 unspecified atom stereocenters. The maximum Gasteiger partial charge on any atom is 0.257 e. The van der Waals surface area contributed by atoms with Crippen molar-refractivity contribution in [1.29, 1.82) is 0 Å². The van der Waals surface area contributed by atoms with Gasteiger partial charge in [0.2, 0.25) is 0 Å². The van der Waals surface area contributed by atoms with Crippen LogP contribution in [0.15, 0.2) is 89.6 Å². The molecule has 66 heavy (non-hydrogen) atoms. The van der Waals surface area contributed by atoms with Crippen LogP contribution in [0.25, 0.3) is 55.0 Å². The van der Waals surface area contributed by atoms with Crippen LogP contribution in [-0.2, 0) is 23.5 Å². The summed E-state index contributed by atoms with van der Waals surface area (Å²) in [6.45, 7) is 29.9. The highest BCUT2D eigenvalue weighted by Gasteiger charge is 2.30. The van der Waals surface area contributed by atoms with Crippen molar-refractivity contribution >= 4 is 59.9 Å². The van der Waals surface area contributed by atoms with Gasteiger partial charge in [0, 0.05) is 43.8 Å². The van der Waals surface area contributed by atoms with Crippen LogP contribution in [0.4, 0.5) is 0 Å². The van der Waals surface area contributed by atoms with E-state index in [0.717, 1.165) is 111 Å². The van der Waals surface area contributed by atoms with Crippen LogP contribution < -0.4 is 18.9 Å². The zero-order chi connectivity index (χ0) is 47.6. The lowest BCUT2D eigenvalue weighted by Gasteiger charge is -2.29. The van der Waals surface area contributed by atoms with E-state index < -0.39 is 16.0 Å². The second kappa shape index (κ2) is 17.8. The summed E-state index contributed by atoms with van der Waals surface area (Å²) < 4.78 is 54.1. The molecule has 2 heterocycles. The summed E-state index contributed by atoms with van der Waals surface area (Å²) in [6.07, 6.45) is 0.292. The van der Waals surface area contributed by atoms with E-state index in [4.69, 9.17) is 35.7 Å². The lowest BCUT2D eigenvalue weighted by atomic mass is 9.81. The van der Waals surface area contributed by atoms with E-state index in [2.05, 4.69) is 158 Å². The molecular formula is C56H64O8P2. The molecule has 0 spiro atoms. The Kier molecular flexibility index (Phi) is 12.7. The lowest BCUT2D eigenvalue weighted by Crippen LogP contribution is -2.16. The first-order valence-electron chi connectivity index (χ1n) is 22.6. The Morgan fingerprint density at radius 1 is 0.394 bits per heavy atom. The largest absolute Gasteiger partial charge is 0.497 e. The molecule has 6 aromatic carbocycles. The topological polar surface area (TPSA) is 89.5 Å². The van der Waals surface area contributed by atoms with E-state index in [1.807, 2.05) is 12.1 Å². The fraction of sp³-hybridized carbons (Fsp3) is 0.357. The average molecular weight is 927 g/mol. The molecule has 0 aliphatic heterocycles. The number of aryl methyl sites for hydroxylation is 8. The quantitative estimate of drug-likeness (QED) is 0.141. The van der Waals surface area contributed by atoms with Gasteiger partial charge in [-0.1, -0.05) is 65.8 Å². The number of hydrogen-bond acceptors (Lipinski definition) is 8. The van der Waals surface area contributed by atoms with Gasteiger partial charge in [0.15, 0.2) is 12.7 Å². The van der Waals surface area contributed by atoms with Crippen LogP contribution in [0, 0.1) is 55.4 Å². The number of methoxy groups -OCH3 is 2. The van der Waals surface area contributed by atoms with Crippen LogP contribution in [0.3, 0.4) is 0 Å². The molecule has 0 amide bonds. The minimum atomic E-state index is -1.64. The molecular weight excluding hydrogens is 863 g/mol. The highest BCUT2D eigenvalue weighted by Crippen LogP contribution is 2.51. The van der Waals surface area contributed by atoms with E-state index in [1.165, 1.54) is 0 Å². The van der Waals surface area contributed by atoms with Crippen LogP contribution in [0.1, 0.15) is 97.2 Å². The number of fused-ring (bicyclic) bond motifs is 6. The molecule has 2 aromatic heterocycles. The molecule has 0 fully saturated rings. The van der Waals surface area contributed by atoms with Crippen LogP contribution in [0.5, 0.6) is 23.0 Å². The number of rotatable bonds is 9. The average Bonchev–Trinajstić information content (AvgIpc) is 3.49. The predicted octanol–water partition coefficient (Wildman–Crippen LogP) is 17.7.